The van der Waals surface area contributed by atoms with Crippen molar-refractivity contribution in [2.45, 2.75) is 0 Å². The molecule has 2 aromatic rings. The summed E-state index contributed by atoms with van der Waals surface area (Å²) < 4.78 is 13.4. The van der Waals surface area contributed by atoms with E-state index >= 15 is 0 Å². The van der Waals surface area contributed by atoms with Crippen molar-refractivity contribution >= 4 is 17.3 Å². The number of hydrogen-bond acceptors (Lipinski definition) is 3. The fraction of sp³-hybridized carbons (Fsp3) is 0. The Morgan fingerprint density at radius 2 is 2.00 bits per heavy atom. The number of carboxylic acid groups (broad SMARTS) is 1. The first kappa shape index (κ1) is 10.6. The van der Waals surface area contributed by atoms with Crippen LogP contribution in [0.3, 0.4) is 0 Å². The Bertz CT molecular complexity index is 548. The molecular formula is C11H7FO3S. The van der Waals surface area contributed by atoms with Gasteiger partial charge in [-0.3, -0.25) is 0 Å². The fourth-order valence-electron chi connectivity index (χ4n) is 1.33. The van der Waals surface area contributed by atoms with Crippen molar-refractivity contribution in [3.8, 4) is 16.2 Å². The highest BCUT2D eigenvalue weighted by Crippen LogP contribution is 2.36. The number of rotatable bonds is 2. The molecule has 0 aliphatic rings. The highest BCUT2D eigenvalue weighted by Gasteiger charge is 2.16. The van der Waals surface area contributed by atoms with Crippen LogP contribution in [-0.2, 0) is 0 Å². The van der Waals surface area contributed by atoms with E-state index < -0.39 is 11.8 Å². The number of hydrogen-bond donors (Lipinski definition) is 2. The van der Waals surface area contributed by atoms with Gasteiger partial charge in [0, 0.05) is 10.4 Å². The summed E-state index contributed by atoms with van der Waals surface area (Å²) in [6.07, 6.45) is 0. The molecule has 0 spiro atoms. The van der Waals surface area contributed by atoms with Crippen LogP contribution in [0.25, 0.3) is 10.4 Å². The Kier molecular flexibility index (Phi) is 2.62. The van der Waals surface area contributed by atoms with Gasteiger partial charge in [0.25, 0.3) is 0 Å². The highest BCUT2D eigenvalue weighted by atomic mass is 32.1. The quantitative estimate of drug-likeness (QED) is 0.845. The van der Waals surface area contributed by atoms with Crippen molar-refractivity contribution in [3.05, 3.63) is 41.0 Å². The molecule has 5 heteroatoms. The van der Waals surface area contributed by atoms with Crippen LogP contribution in [0.5, 0.6) is 5.75 Å². The second kappa shape index (κ2) is 3.94. The van der Waals surface area contributed by atoms with E-state index in [1.807, 2.05) is 0 Å². The number of aromatic hydroxyl groups is 1. The molecule has 16 heavy (non-hydrogen) atoms. The highest BCUT2D eigenvalue weighted by molar-refractivity contribution is 7.17. The molecule has 0 radical (unpaired) electrons. The minimum atomic E-state index is -1.22. The van der Waals surface area contributed by atoms with Crippen LogP contribution < -0.4 is 0 Å². The summed E-state index contributed by atoms with van der Waals surface area (Å²) in [5.41, 5.74) is 0.287. The molecule has 0 unspecified atom stereocenters. The van der Waals surface area contributed by atoms with E-state index in [-0.39, 0.29) is 16.2 Å². The van der Waals surface area contributed by atoms with Crippen LogP contribution in [0, 0.1) is 5.82 Å². The minimum absolute atomic E-state index is 0.182. The largest absolute Gasteiger partial charge is 0.506 e. The van der Waals surface area contributed by atoms with Gasteiger partial charge in [-0.05, 0) is 12.1 Å². The maximum Gasteiger partial charge on any atom is 0.349 e. The van der Waals surface area contributed by atoms with Gasteiger partial charge in [0.2, 0.25) is 0 Å². The van der Waals surface area contributed by atoms with E-state index in [0.717, 1.165) is 11.3 Å². The second-order valence-electron chi connectivity index (χ2n) is 3.11. The van der Waals surface area contributed by atoms with Gasteiger partial charge < -0.3 is 10.2 Å². The third-order valence-corrected chi connectivity index (χ3v) is 3.19. The van der Waals surface area contributed by atoms with Crippen LogP contribution in [0.1, 0.15) is 9.67 Å². The van der Waals surface area contributed by atoms with Crippen LogP contribution in [0.4, 0.5) is 4.39 Å². The lowest BCUT2D eigenvalue weighted by atomic mass is 10.2. The molecule has 1 aromatic heterocycles. The van der Waals surface area contributed by atoms with Gasteiger partial charge in [-0.25, -0.2) is 9.18 Å². The molecule has 0 amide bonds. The minimum Gasteiger partial charge on any atom is -0.506 e. The molecule has 1 heterocycles. The molecule has 0 saturated carbocycles. The van der Waals surface area contributed by atoms with Gasteiger partial charge in [-0.2, -0.15) is 0 Å². The van der Waals surface area contributed by atoms with Crippen molar-refractivity contribution < 1.29 is 19.4 Å². The van der Waals surface area contributed by atoms with Gasteiger partial charge in [0.1, 0.15) is 11.6 Å². The molecule has 2 rings (SSSR count). The Labute approximate surface area is 94.4 Å². The maximum atomic E-state index is 13.4. The Balaban J connectivity index is 2.54. The molecule has 0 atom stereocenters. The van der Waals surface area contributed by atoms with E-state index in [2.05, 4.69) is 0 Å². The average Bonchev–Trinajstić information content (AvgIpc) is 2.61. The van der Waals surface area contributed by atoms with Crippen LogP contribution in [0.2, 0.25) is 0 Å². The maximum absolute atomic E-state index is 13.4. The first-order valence-electron chi connectivity index (χ1n) is 4.40. The first-order chi connectivity index (χ1) is 7.59. The Morgan fingerprint density at radius 3 is 2.56 bits per heavy atom. The molecular weight excluding hydrogens is 231 g/mol. The standard InChI is InChI=1S/C11H7FO3S/c12-7-4-2-1-3-6(7)9-5-8(13)10(16-9)11(14)15/h1-5,13H,(H,14,15). The third kappa shape index (κ3) is 1.77. The lowest BCUT2D eigenvalue weighted by Gasteiger charge is -1.97. The molecule has 2 N–H and O–H groups in total. The molecule has 0 aliphatic carbocycles. The fourth-order valence-corrected chi connectivity index (χ4v) is 2.25. The molecule has 0 aliphatic heterocycles. The van der Waals surface area contributed by atoms with Gasteiger partial charge in [-0.15, -0.1) is 11.3 Å². The van der Waals surface area contributed by atoms with Crippen molar-refractivity contribution in [1.82, 2.24) is 0 Å². The topological polar surface area (TPSA) is 57.5 Å². The molecule has 0 bridgehead atoms. The predicted molar refractivity (Wildman–Crippen MR) is 58.3 cm³/mol. The van der Waals surface area contributed by atoms with E-state index in [1.165, 1.54) is 18.2 Å². The molecule has 3 nitrogen and oxygen atoms in total. The number of carbonyl (C=O) groups is 1. The third-order valence-electron chi connectivity index (χ3n) is 2.05. The average molecular weight is 238 g/mol. The normalized spacial score (nSPS) is 10.3. The summed E-state index contributed by atoms with van der Waals surface area (Å²) in [5.74, 6) is -2.00. The number of benzene rings is 1. The Hall–Kier alpha value is -1.88. The van der Waals surface area contributed by atoms with Crippen LogP contribution in [0.15, 0.2) is 30.3 Å². The number of aromatic carboxylic acids is 1. The van der Waals surface area contributed by atoms with Crippen LogP contribution in [-0.4, -0.2) is 16.2 Å². The van der Waals surface area contributed by atoms with E-state index in [4.69, 9.17) is 5.11 Å². The SMILES string of the molecule is O=C(O)c1sc(-c2ccccc2F)cc1O. The van der Waals surface area contributed by atoms with E-state index in [0.29, 0.717) is 4.88 Å². The smallest absolute Gasteiger partial charge is 0.349 e. The lowest BCUT2D eigenvalue weighted by molar-refractivity contribution is 0.0699. The second-order valence-corrected chi connectivity index (χ2v) is 4.16. The monoisotopic (exact) mass is 238 g/mol. The summed E-state index contributed by atoms with van der Waals surface area (Å²) in [5, 5.41) is 18.1. The summed E-state index contributed by atoms with van der Waals surface area (Å²) in [6.45, 7) is 0. The summed E-state index contributed by atoms with van der Waals surface area (Å²) in [7, 11) is 0. The summed E-state index contributed by atoms with van der Waals surface area (Å²) in [4.78, 5) is 10.9. The predicted octanol–water partition coefficient (Wildman–Crippen LogP) is 2.96. The van der Waals surface area contributed by atoms with E-state index in [9.17, 15) is 14.3 Å². The molecule has 1 aromatic carbocycles. The van der Waals surface area contributed by atoms with E-state index in [1.54, 1.807) is 12.1 Å². The summed E-state index contributed by atoms with van der Waals surface area (Å²) in [6, 6.07) is 7.27. The zero-order valence-electron chi connectivity index (χ0n) is 7.98. The first-order valence-corrected chi connectivity index (χ1v) is 5.22. The van der Waals surface area contributed by atoms with Crippen molar-refractivity contribution in [2.24, 2.45) is 0 Å². The van der Waals surface area contributed by atoms with Crippen molar-refractivity contribution in [1.29, 1.82) is 0 Å². The molecule has 0 saturated heterocycles. The van der Waals surface area contributed by atoms with Crippen molar-refractivity contribution in [3.63, 3.8) is 0 Å². The van der Waals surface area contributed by atoms with Gasteiger partial charge in [0.15, 0.2) is 4.88 Å². The van der Waals surface area contributed by atoms with Crippen LogP contribution >= 0.6 is 11.3 Å². The zero-order valence-corrected chi connectivity index (χ0v) is 8.79. The number of thiophene rings is 1. The van der Waals surface area contributed by atoms with Crippen molar-refractivity contribution in [2.75, 3.05) is 0 Å². The van der Waals surface area contributed by atoms with Gasteiger partial charge in [-0.1, -0.05) is 18.2 Å². The molecule has 0 fully saturated rings. The van der Waals surface area contributed by atoms with Gasteiger partial charge >= 0.3 is 5.97 Å². The number of carboxylic acids is 1. The van der Waals surface area contributed by atoms with Gasteiger partial charge in [0.05, 0.1) is 0 Å². The number of halogens is 1. The summed E-state index contributed by atoms with van der Waals surface area (Å²) >= 11 is 0.845. The zero-order chi connectivity index (χ0) is 11.7. The Morgan fingerprint density at radius 1 is 1.31 bits per heavy atom. The molecule has 82 valence electrons. The lowest BCUT2D eigenvalue weighted by Crippen LogP contribution is -1.90.